The Bertz CT molecular complexity index is 738. The standard InChI is InChI=1S/C17H16N2O3/c1-11-5-7-12(8-6-11)18-17(22)19-10-9-13-14(16(20)21)3-2-4-15(13)19/h2-8H,9-10H2,1H3,(H,18,22)(H,20,21). The highest BCUT2D eigenvalue weighted by molar-refractivity contribution is 6.04. The molecule has 2 aromatic rings. The van der Waals surface area contributed by atoms with Gasteiger partial charge in [0, 0.05) is 17.9 Å². The molecule has 0 aromatic heterocycles. The van der Waals surface area contributed by atoms with Crippen molar-refractivity contribution in [2.24, 2.45) is 0 Å². The molecule has 0 atom stereocenters. The predicted octanol–water partition coefficient (Wildman–Crippen LogP) is 3.29. The first-order chi connectivity index (χ1) is 10.6. The van der Waals surface area contributed by atoms with E-state index in [4.69, 9.17) is 0 Å². The molecule has 5 nitrogen and oxygen atoms in total. The molecule has 2 N–H and O–H groups in total. The Morgan fingerprint density at radius 1 is 1.14 bits per heavy atom. The molecule has 0 aliphatic carbocycles. The van der Waals surface area contributed by atoms with Crippen molar-refractivity contribution < 1.29 is 14.7 Å². The van der Waals surface area contributed by atoms with E-state index in [-0.39, 0.29) is 11.6 Å². The largest absolute Gasteiger partial charge is 0.478 e. The lowest BCUT2D eigenvalue weighted by atomic mass is 10.1. The number of fused-ring (bicyclic) bond motifs is 1. The van der Waals surface area contributed by atoms with E-state index in [9.17, 15) is 14.7 Å². The topological polar surface area (TPSA) is 69.6 Å². The van der Waals surface area contributed by atoms with Crippen molar-refractivity contribution in [3.8, 4) is 0 Å². The number of benzene rings is 2. The number of amides is 2. The number of nitrogens with one attached hydrogen (secondary N) is 1. The van der Waals surface area contributed by atoms with Crippen LogP contribution >= 0.6 is 0 Å². The number of aryl methyl sites for hydroxylation is 1. The fourth-order valence-electron chi connectivity index (χ4n) is 2.67. The highest BCUT2D eigenvalue weighted by Gasteiger charge is 2.28. The van der Waals surface area contributed by atoms with Gasteiger partial charge >= 0.3 is 12.0 Å². The first kappa shape index (κ1) is 14.1. The smallest absolute Gasteiger partial charge is 0.336 e. The van der Waals surface area contributed by atoms with Crippen molar-refractivity contribution in [1.29, 1.82) is 0 Å². The summed E-state index contributed by atoms with van der Waals surface area (Å²) < 4.78 is 0. The van der Waals surface area contributed by atoms with Gasteiger partial charge in [-0.3, -0.25) is 4.90 Å². The summed E-state index contributed by atoms with van der Waals surface area (Å²) in [7, 11) is 0. The number of aromatic carboxylic acids is 1. The van der Waals surface area contributed by atoms with E-state index >= 15 is 0 Å². The summed E-state index contributed by atoms with van der Waals surface area (Å²) >= 11 is 0. The highest BCUT2D eigenvalue weighted by atomic mass is 16.4. The van der Waals surface area contributed by atoms with Gasteiger partial charge in [0.15, 0.2) is 0 Å². The molecule has 112 valence electrons. The molecule has 2 amide bonds. The number of carboxylic acids is 1. The first-order valence-electron chi connectivity index (χ1n) is 7.06. The van der Waals surface area contributed by atoms with Gasteiger partial charge < -0.3 is 10.4 Å². The Morgan fingerprint density at radius 2 is 1.86 bits per heavy atom. The Kier molecular flexibility index (Phi) is 3.55. The van der Waals surface area contributed by atoms with E-state index < -0.39 is 5.97 Å². The molecule has 0 fully saturated rings. The minimum atomic E-state index is -0.961. The molecule has 0 radical (unpaired) electrons. The van der Waals surface area contributed by atoms with E-state index in [2.05, 4.69) is 5.32 Å². The third-order valence-corrected chi connectivity index (χ3v) is 3.81. The molecule has 1 heterocycles. The number of hydrogen-bond donors (Lipinski definition) is 2. The van der Waals surface area contributed by atoms with Crippen molar-refractivity contribution >= 4 is 23.4 Å². The molecule has 22 heavy (non-hydrogen) atoms. The van der Waals surface area contributed by atoms with Crippen LogP contribution in [0.2, 0.25) is 0 Å². The monoisotopic (exact) mass is 296 g/mol. The third-order valence-electron chi connectivity index (χ3n) is 3.81. The summed E-state index contributed by atoms with van der Waals surface area (Å²) in [6.45, 7) is 2.47. The summed E-state index contributed by atoms with van der Waals surface area (Å²) in [6.07, 6.45) is 0.555. The summed E-state index contributed by atoms with van der Waals surface area (Å²) in [6, 6.07) is 12.3. The van der Waals surface area contributed by atoms with E-state index in [1.54, 1.807) is 23.1 Å². The Morgan fingerprint density at radius 3 is 2.55 bits per heavy atom. The average molecular weight is 296 g/mol. The number of urea groups is 1. The molecule has 0 unspecified atom stereocenters. The van der Waals surface area contributed by atoms with Crippen molar-refractivity contribution in [3.63, 3.8) is 0 Å². The lowest BCUT2D eigenvalue weighted by molar-refractivity contribution is 0.0696. The molecule has 5 heteroatoms. The zero-order valence-corrected chi connectivity index (χ0v) is 12.2. The number of carbonyl (C=O) groups is 2. The van der Waals surface area contributed by atoms with Crippen molar-refractivity contribution in [2.75, 3.05) is 16.8 Å². The van der Waals surface area contributed by atoms with Gasteiger partial charge in [-0.05, 0) is 43.2 Å². The second-order valence-electron chi connectivity index (χ2n) is 5.31. The van der Waals surface area contributed by atoms with Gasteiger partial charge in [-0.25, -0.2) is 9.59 Å². The van der Waals surface area contributed by atoms with Crippen LogP contribution < -0.4 is 10.2 Å². The van der Waals surface area contributed by atoms with E-state index in [0.29, 0.717) is 24.2 Å². The molecule has 0 saturated heterocycles. The molecular formula is C17H16N2O3. The van der Waals surface area contributed by atoms with Crippen LogP contribution in [0.4, 0.5) is 16.2 Å². The first-order valence-corrected chi connectivity index (χ1v) is 7.06. The van der Waals surface area contributed by atoms with E-state index in [1.165, 1.54) is 0 Å². The van der Waals surface area contributed by atoms with Gasteiger partial charge in [0.2, 0.25) is 0 Å². The summed E-state index contributed by atoms with van der Waals surface area (Å²) in [4.78, 5) is 25.2. The number of anilines is 2. The minimum Gasteiger partial charge on any atom is -0.478 e. The normalized spacial score (nSPS) is 12.9. The van der Waals surface area contributed by atoms with Crippen LogP contribution in [0.25, 0.3) is 0 Å². The van der Waals surface area contributed by atoms with Crippen molar-refractivity contribution in [2.45, 2.75) is 13.3 Å². The van der Waals surface area contributed by atoms with Gasteiger partial charge in [0.1, 0.15) is 0 Å². The Hall–Kier alpha value is -2.82. The van der Waals surface area contributed by atoms with Crippen LogP contribution in [0.3, 0.4) is 0 Å². The summed E-state index contributed by atoms with van der Waals surface area (Å²) in [5.41, 5.74) is 3.50. The number of hydrogen-bond acceptors (Lipinski definition) is 2. The zero-order chi connectivity index (χ0) is 15.7. The number of carbonyl (C=O) groups excluding carboxylic acids is 1. The highest BCUT2D eigenvalue weighted by Crippen LogP contribution is 2.31. The van der Waals surface area contributed by atoms with Gasteiger partial charge in [-0.2, -0.15) is 0 Å². The quantitative estimate of drug-likeness (QED) is 0.893. The van der Waals surface area contributed by atoms with Crippen LogP contribution in [0.15, 0.2) is 42.5 Å². The van der Waals surface area contributed by atoms with Crippen molar-refractivity contribution in [1.82, 2.24) is 0 Å². The van der Waals surface area contributed by atoms with Crippen LogP contribution in [0, 0.1) is 6.92 Å². The molecule has 3 rings (SSSR count). The van der Waals surface area contributed by atoms with Gasteiger partial charge in [0.05, 0.1) is 5.56 Å². The molecule has 0 spiro atoms. The zero-order valence-electron chi connectivity index (χ0n) is 12.2. The number of rotatable bonds is 2. The van der Waals surface area contributed by atoms with Crippen LogP contribution in [-0.4, -0.2) is 23.7 Å². The molecule has 1 aliphatic heterocycles. The van der Waals surface area contributed by atoms with Gasteiger partial charge in [-0.1, -0.05) is 23.8 Å². The lowest BCUT2D eigenvalue weighted by Gasteiger charge is -2.18. The fraction of sp³-hybridized carbons (Fsp3) is 0.176. The van der Waals surface area contributed by atoms with Crippen LogP contribution in [0.1, 0.15) is 21.5 Å². The van der Waals surface area contributed by atoms with Crippen LogP contribution in [0.5, 0.6) is 0 Å². The second kappa shape index (κ2) is 5.52. The minimum absolute atomic E-state index is 0.245. The second-order valence-corrected chi connectivity index (χ2v) is 5.31. The fourth-order valence-corrected chi connectivity index (χ4v) is 2.67. The third kappa shape index (κ3) is 2.53. The van der Waals surface area contributed by atoms with E-state index in [0.717, 1.165) is 11.3 Å². The van der Waals surface area contributed by atoms with Crippen molar-refractivity contribution in [3.05, 3.63) is 59.2 Å². The maximum Gasteiger partial charge on any atom is 0.336 e. The number of nitrogens with zero attached hydrogens (tertiary/aromatic N) is 1. The van der Waals surface area contributed by atoms with Crippen LogP contribution in [-0.2, 0) is 6.42 Å². The van der Waals surface area contributed by atoms with Gasteiger partial charge in [0.25, 0.3) is 0 Å². The summed E-state index contributed by atoms with van der Waals surface area (Å²) in [5.74, 6) is -0.961. The van der Waals surface area contributed by atoms with Gasteiger partial charge in [-0.15, -0.1) is 0 Å². The molecular weight excluding hydrogens is 280 g/mol. The maximum atomic E-state index is 12.4. The average Bonchev–Trinajstić information content (AvgIpc) is 2.93. The molecule has 2 aromatic carbocycles. The predicted molar refractivity (Wildman–Crippen MR) is 84.6 cm³/mol. The molecule has 0 bridgehead atoms. The Labute approximate surface area is 128 Å². The molecule has 0 saturated carbocycles. The Balaban J connectivity index is 1.84. The SMILES string of the molecule is Cc1ccc(NC(=O)N2CCc3c(C(=O)O)cccc32)cc1. The lowest BCUT2D eigenvalue weighted by Crippen LogP contribution is -2.33. The molecule has 1 aliphatic rings. The maximum absolute atomic E-state index is 12.4. The summed E-state index contributed by atoms with van der Waals surface area (Å²) in [5, 5.41) is 12.1. The van der Waals surface area contributed by atoms with E-state index in [1.807, 2.05) is 31.2 Å². The number of carboxylic acid groups (broad SMARTS) is 1.